The second-order valence-corrected chi connectivity index (χ2v) is 7.45. The molecule has 10 heteroatoms. The number of aliphatic imine (C=N–C) groups is 1. The fourth-order valence-electron chi connectivity index (χ4n) is 3.37. The summed E-state index contributed by atoms with van der Waals surface area (Å²) in [4.78, 5) is 20.7. The Balaban J connectivity index is 1.35. The second kappa shape index (κ2) is 8.58. The van der Waals surface area contributed by atoms with Gasteiger partial charge in [-0.1, -0.05) is 11.6 Å². The van der Waals surface area contributed by atoms with E-state index in [0.717, 1.165) is 16.9 Å². The Morgan fingerprint density at radius 1 is 1.13 bits per heavy atom. The van der Waals surface area contributed by atoms with Gasteiger partial charge in [-0.3, -0.25) is 14.5 Å². The maximum Gasteiger partial charge on any atom is 0.246 e. The lowest BCUT2D eigenvalue weighted by Gasteiger charge is -2.35. The summed E-state index contributed by atoms with van der Waals surface area (Å²) >= 11 is 5.95. The van der Waals surface area contributed by atoms with Crippen molar-refractivity contribution in [3.63, 3.8) is 0 Å². The molecule has 0 spiro atoms. The lowest BCUT2D eigenvalue weighted by Crippen LogP contribution is -2.55. The monoisotopic (exact) mass is 426 g/mol. The lowest BCUT2D eigenvalue weighted by atomic mass is 10.3. The third kappa shape index (κ3) is 4.30. The molecule has 2 aromatic heterocycles. The van der Waals surface area contributed by atoms with Crippen LogP contribution in [0.3, 0.4) is 0 Å². The highest BCUT2D eigenvalue weighted by Crippen LogP contribution is 2.16. The van der Waals surface area contributed by atoms with Crippen molar-refractivity contribution in [1.29, 1.82) is 0 Å². The summed E-state index contributed by atoms with van der Waals surface area (Å²) in [6, 6.07) is 7.50. The van der Waals surface area contributed by atoms with E-state index >= 15 is 0 Å². The molecule has 1 aliphatic rings. The highest BCUT2D eigenvalue weighted by molar-refractivity contribution is 6.30. The van der Waals surface area contributed by atoms with Crippen LogP contribution in [0.2, 0.25) is 5.02 Å². The molecule has 156 valence electrons. The molecule has 0 unspecified atom stereocenters. The van der Waals surface area contributed by atoms with Crippen LogP contribution in [0.15, 0.2) is 54.0 Å². The first kappa shape index (κ1) is 20.0. The fraction of sp³-hybridized carbons (Fsp3) is 0.300. The molecule has 0 saturated carbocycles. The molecule has 1 N–H and O–H groups in total. The van der Waals surface area contributed by atoms with Gasteiger partial charge >= 0.3 is 0 Å². The van der Waals surface area contributed by atoms with Gasteiger partial charge in [-0.25, -0.2) is 4.68 Å². The van der Waals surface area contributed by atoms with E-state index in [9.17, 15) is 4.79 Å². The number of anilines is 1. The Kier molecular flexibility index (Phi) is 5.71. The minimum Gasteiger partial charge on any atom is -0.352 e. The number of hydrogen-bond acceptors (Lipinski definition) is 4. The number of hydrogen-bond donors (Lipinski definition) is 1. The van der Waals surface area contributed by atoms with Crippen LogP contribution in [-0.4, -0.2) is 63.0 Å². The van der Waals surface area contributed by atoms with Gasteiger partial charge < -0.3 is 15.1 Å². The van der Waals surface area contributed by atoms with Crippen molar-refractivity contribution in [2.45, 2.75) is 6.54 Å². The van der Waals surface area contributed by atoms with Gasteiger partial charge in [0.25, 0.3) is 0 Å². The minimum atomic E-state index is 0.0211. The maximum absolute atomic E-state index is 12.6. The van der Waals surface area contributed by atoms with Crippen LogP contribution in [0.1, 0.15) is 5.56 Å². The molecule has 0 radical (unpaired) electrons. The zero-order valence-corrected chi connectivity index (χ0v) is 17.6. The first-order valence-electron chi connectivity index (χ1n) is 9.57. The molecule has 1 saturated heterocycles. The van der Waals surface area contributed by atoms with Crippen LogP contribution in [0.5, 0.6) is 0 Å². The zero-order valence-electron chi connectivity index (χ0n) is 16.9. The van der Waals surface area contributed by atoms with E-state index in [1.807, 2.05) is 48.6 Å². The smallest absolute Gasteiger partial charge is 0.246 e. The number of carbonyl (C=O) groups is 1. The Hall–Kier alpha value is -3.33. The standard InChI is InChI=1S/C20H23ClN8O/c1-22-20(27-7-8-28(19(30)14-27)18-11-24-26(2)13-18)23-9-15-10-25-29(12-15)17-5-3-16(21)4-6-17/h3-6,10-13H,7-9,14H2,1-2H3,(H,22,23). The number of halogens is 1. The van der Waals surface area contributed by atoms with Gasteiger partial charge in [-0.2, -0.15) is 10.2 Å². The van der Waals surface area contributed by atoms with E-state index in [-0.39, 0.29) is 12.5 Å². The molecule has 3 aromatic rings. The van der Waals surface area contributed by atoms with Crippen LogP contribution in [0, 0.1) is 0 Å². The molecule has 3 heterocycles. The number of benzene rings is 1. The van der Waals surface area contributed by atoms with E-state index < -0.39 is 0 Å². The summed E-state index contributed by atoms with van der Waals surface area (Å²) in [6.07, 6.45) is 7.31. The first-order valence-corrected chi connectivity index (χ1v) is 9.95. The average Bonchev–Trinajstić information content (AvgIpc) is 3.38. The van der Waals surface area contributed by atoms with Crippen molar-refractivity contribution < 1.29 is 4.79 Å². The van der Waals surface area contributed by atoms with Crippen molar-refractivity contribution >= 4 is 29.2 Å². The summed E-state index contributed by atoms with van der Waals surface area (Å²) in [7, 11) is 3.56. The molecule has 0 bridgehead atoms. The van der Waals surface area contributed by atoms with Crippen molar-refractivity contribution in [1.82, 2.24) is 29.8 Å². The third-order valence-electron chi connectivity index (χ3n) is 4.91. The van der Waals surface area contributed by atoms with Crippen molar-refractivity contribution in [2.24, 2.45) is 12.0 Å². The molecule has 1 amide bonds. The predicted molar refractivity (Wildman–Crippen MR) is 116 cm³/mol. The van der Waals surface area contributed by atoms with Crippen molar-refractivity contribution in [3.05, 3.63) is 59.6 Å². The average molecular weight is 427 g/mol. The largest absolute Gasteiger partial charge is 0.352 e. The normalized spacial score (nSPS) is 15.0. The van der Waals surface area contributed by atoms with Crippen LogP contribution < -0.4 is 10.2 Å². The Labute approximate surface area is 179 Å². The van der Waals surface area contributed by atoms with E-state index in [1.54, 1.807) is 33.7 Å². The minimum absolute atomic E-state index is 0.0211. The number of guanidine groups is 1. The summed E-state index contributed by atoms with van der Waals surface area (Å²) in [5, 5.41) is 12.6. The predicted octanol–water partition coefficient (Wildman–Crippen LogP) is 1.68. The molecular weight excluding hydrogens is 404 g/mol. The quantitative estimate of drug-likeness (QED) is 0.507. The van der Waals surface area contributed by atoms with Gasteiger partial charge in [0.05, 0.1) is 23.8 Å². The summed E-state index contributed by atoms with van der Waals surface area (Å²) in [5.74, 6) is 0.709. The van der Waals surface area contributed by atoms with Crippen LogP contribution in [-0.2, 0) is 18.4 Å². The number of nitrogens with zero attached hydrogens (tertiary/aromatic N) is 7. The van der Waals surface area contributed by atoms with Gasteiger partial charge in [0.15, 0.2) is 5.96 Å². The zero-order chi connectivity index (χ0) is 21.1. The highest BCUT2D eigenvalue weighted by Gasteiger charge is 2.27. The third-order valence-corrected chi connectivity index (χ3v) is 5.16. The van der Waals surface area contributed by atoms with Crippen LogP contribution >= 0.6 is 11.6 Å². The molecule has 1 aromatic carbocycles. The Bertz CT molecular complexity index is 1050. The van der Waals surface area contributed by atoms with Gasteiger partial charge in [0.1, 0.15) is 6.54 Å². The van der Waals surface area contributed by atoms with E-state index in [1.165, 1.54) is 0 Å². The summed E-state index contributed by atoms with van der Waals surface area (Å²) < 4.78 is 3.49. The number of rotatable bonds is 4. The number of aromatic nitrogens is 4. The van der Waals surface area contributed by atoms with E-state index in [4.69, 9.17) is 11.6 Å². The van der Waals surface area contributed by atoms with Gasteiger partial charge in [-0.05, 0) is 24.3 Å². The summed E-state index contributed by atoms with van der Waals surface area (Å²) in [5.41, 5.74) is 2.76. The molecular formula is C20H23ClN8O. The number of piperazine rings is 1. The molecule has 0 aliphatic carbocycles. The van der Waals surface area contributed by atoms with E-state index in [2.05, 4.69) is 20.5 Å². The van der Waals surface area contributed by atoms with E-state index in [0.29, 0.717) is 30.6 Å². The van der Waals surface area contributed by atoms with Crippen LogP contribution in [0.4, 0.5) is 5.69 Å². The first-order chi connectivity index (χ1) is 14.5. The molecule has 1 fully saturated rings. The van der Waals surface area contributed by atoms with Gasteiger partial charge in [0.2, 0.25) is 5.91 Å². The summed E-state index contributed by atoms with van der Waals surface area (Å²) in [6.45, 7) is 2.08. The molecule has 1 aliphatic heterocycles. The SMILES string of the molecule is CN=C(NCc1cnn(-c2ccc(Cl)cc2)c1)N1CCN(c2cnn(C)c2)C(=O)C1. The van der Waals surface area contributed by atoms with Crippen LogP contribution in [0.25, 0.3) is 5.69 Å². The fourth-order valence-corrected chi connectivity index (χ4v) is 3.50. The Morgan fingerprint density at radius 2 is 1.93 bits per heavy atom. The molecule has 0 atom stereocenters. The number of aryl methyl sites for hydroxylation is 1. The van der Waals surface area contributed by atoms with Crippen molar-refractivity contribution in [3.8, 4) is 5.69 Å². The van der Waals surface area contributed by atoms with Crippen molar-refractivity contribution in [2.75, 3.05) is 31.6 Å². The maximum atomic E-state index is 12.6. The molecule has 4 rings (SSSR count). The molecule has 30 heavy (non-hydrogen) atoms. The number of amides is 1. The van der Waals surface area contributed by atoms with Gasteiger partial charge in [0, 0.05) is 56.7 Å². The second-order valence-electron chi connectivity index (χ2n) is 7.01. The lowest BCUT2D eigenvalue weighted by molar-refractivity contribution is -0.120. The van der Waals surface area contributed by atoms with Gasteiger partial charge in [-0.15, -0.1) is 0 Å². The number of nitrogens with one attached hydrogen (secondary N) is 1. The molecule has 9 nitrogen and oxygen atoms in total. The topological polar surface area (TPSA) is 83.6 Å². The number of carbonyl (C=O) groups excluding carboxylic acids is 1. The highest BCUT2D eigenvalue weighted by atomic mass is 35.5. The Morgan fingerprint density at radius 3 is 2.60 bits per heavy atom.